The number of hydrogen-bond donors (Lipinski definition) is 1. The van der Waals surface area contributed by atoms with E-state index >= 15 is 0 Å². The van der Waals surface area contributed by atoms with Gasteiger partial charge in [0, 0.05) is 22.0 Å². The molecule has 1 heterocycles. The number of anilines is 1. The second-order valence-electron chi connectivity index (χ2n) is 3.69. The summed E-state index contributed by atoms with van der Waals surface area (Å²) in [6, 6.07) is 3.27. The van der Waals surface area contributed by atoms with Crippen LogP contribution in [0.1, 0.15) is 4.88 Å². The third kappa shape index (κ3) is 4.00. The predicted octanol–water partition coefficient (Wildman–Crippen LogP) is 3.46. The fraction of sp³-hybridized carbons (Fsp3) is 0.167. The van der Waals surface area contributed by atoms with E-state index in [-0.39, 0.29) is 16.6 Å². The zero-order valence-corrected chi connectivity index (χ0v) is 11.6. The Bertz CT molecular complexity index is 601. The average molecular weight is 300 g/mol. The molecule has 0 aliphatic rings. The van der Waals surface area contributed by atoms with Crippen LogP contribution in [0.3, 0.4) is 0 Å². The minimum atomic E-state index is -0.664. The van der Waals surface area contributed by atoms with Crippen LogP contribution in [0, 0.1) is 18.6 Å². The first-order chi connectivity index (χ1) is 9.04. The summed E-state index contributed by atoms with van der Waals surface area (Å²) in [5.74, 6) is -1.53. The summed E-state index contributed by atoms with van der Waals surface area (Å²) >= 11 is 2.38. The highest BCUT2D eigenvalue weighted by atomic mass is 32.2. The monoisotopic (exact) mass is 300 g/mol. The Morgan fingerprint density at radius 2 is 2.26 bits per heavy atom. The molecule has 3 nitrogen and oxygen atoms in total. The van der Waals surface area contributed by atoms with Gasteiger partial charge in [-0.3, -0.25) is 4.79 Å². The Hall–Kier alpha value is -1.47. The van der Waals surface area contributed by atoms with Crippen LogP contribution in [0.25, 0.3) is 0 Å². The molecule has 0 atom stereocenters. The Morgan fingerprint density at radius 3 is 2.89 bits per heavy atom. The third-order valence-electron chi connectivity index (χ3n) is 2.12. The molecule has 0 saturated carbocycles. The second kappa shape index (κ2) is 6.12. The maximum absolute atomic E-state index is 13.3. The van der Waals surface area contributed by atoms with Gasteiger partial charge in [0.25, 0.3) is 0 Å². The normalized spacial score (nSPS) is 10.5. The number of aromatic nitrogens is 1. The minimum Gasteiger partial charge on any atom is -0.301 e. The number of nitrogens with zero attached hydrogens (tertiary/aromatic N) is 1. The van der Waals surface area contributed by atoms with Crippen LogP contribution in [-0.2, 0) is 4.79 Å². The quantitative estimate of drug-likeness (QED) is 0.879. The van der Waals surface area contributed by atoms with Gasteiger partial charge in [0.2, 0.25) is 5.91 Å². The maximum atomic E-state index is 13.3. The summed E-state index contributed by atoms with van der Waals surface area (Å²) in [7, 11) is 0. The van der Waals surface area contributed by atoms with Gasteiger partial charge in [-0.2, -0.15) is 0 Å². The fourth-order valence-electron chi connectivity index (χ4n) is 1.30. The van der Waals surface area contributed by atoms with Crippen molar-refractivity contribution < 1.29 is 13.6 Å². The van der Waals surface area contributed by atoms with Crippen LogP contribution in [-0.4, -0.2) is 16.6 Å². The van der Waals surface area contributed by atoms with Gasteiger partial charge in [-0.25, -0.2) is 13.8 Å². The summed E-state index contributed by atoms with van der Waals surface area (Å²) in [4.78, 5) is 16.8. The second-order valence-corrected chi connectivity index (χ2v) is 5.94. The minimum absolute atomic E-state index is 0.0428. The molecular weight excluding hydrogens is 290 g/mol. The molecule has 0 fully saturated rings. The summed E-state index contributed by atoms with van der Waals surface area (Å²) in [6.45, 7) is 1.88. The lowest BCUT2D eigenvalue weighted by molar-refractivity contribution is -0.113. The van der Waals surface area contributed by atoms with E-state index in [9.17, 15) is 13.6 Å². The molecule has 100 valence electrons. The lowest BCUT2D eigenvalue weighted by Gasteiger charge is -2.03. The van der Waals surface area contributed by atoms with Crippen molar-refractivity contribution in [2.45, 2.75) is 11.8 Å². The molecule has 0 spiro atoms. The van der Waals surface area contributed by atoms with Crippen LogP contribution in [0.5, 0.6) is 0 Å². The summed E-state index contributed by atoms with van der Waals surface area (Å²) in [5.41, 5.74) is 0. The molecule has 7 heteroatoms. The molecule has 2 rings (SSSR count). The average Bonchev–Trinajstić information content (AvgIpc) is 2.73. The molecule has 1 amide bonds. The smallest absolute Gasteiger partial charge is 0.236 e. The standard InChI is InChI=1S/C12H10F2N2OS2/c1-7-5-15-12(19-7)16-11(17)6-18-10-3-2-8(13)4-9(10)14/h2-5H,6H2,1H3,(H,15,16,17). The first-order valence-electron chi connectivity index (χ1n) is 5.35. The topological polar surface area (TPSA) is 42.0 Å². The van der Waals surface area contributed by atoms with Crippen LogP contribution < -0.4 is 5.32 Å². The van der Waals surface area contributed by atoms with E-state index in [1.807, 2.05) is 6.92 Å². The van der Waals surface area contributed by atoms with E-state index in [1.54, 1.807) is 6.20 Å². The number of rotatable bonds is 4. The van der Waals surface area contributed by atoms with Gasteiger partial charge in [-0.05, 0) is 19.1 Å². The summed E-state index contributed by atoms with van der Waals surface area (Å²) in [6.07, 6.45) is 1.66. The van der Waals surface area contributed by atoms with Crippen LogP contribution >= 0.6 is 23.1 Å². The Kier molecular flexibility index (Phi) is 4.49. The van der Waals surface area contributed by atoms with Gasteiger partial charge in [0.15, 0.2) is 5.13 Å². The van der Waals surface area contributed by atoms with Crippen molar-refractivity contribution in [3.05, 3.63) is 40.9 Å². The first-order valence-corrected chi connectivity index (χ1v) is 7.15. The zero-order chi connectivity index (χ0) is 13.8. The Balaban J connectivity index is 1.89. The largest absolute Gasteiger partial charge is 0.301 e. The van der Waals surface area contributed by atoms with E-state index in [2.05, 4.69) is 10.3 Å². The van der Waals surface area contributed by atoms with Crippen molar-refractivity contribution in [2.24, 2.45) is 0 Å². The van der Waals surface area contributed by atoms with Gasteiger partial charge >= 0.3 is 0 Å². The molecule has 1 N–H and O–H groups in total. The van der Waals surface area contributed by atoms with Crippen molar-refractivity contribution in [3.63, 3.8) is 0 Å². The lowest BCUT2D eigenvalue weighted by atomic mass is 10.3. The maximum Gasteiger partial charge on any atom is 0.236 e. The fourth-order valence-corrected chi connectivity index (χ4v) is 2.70. The highest BCUT2D eigenvalue weighted by molar-refractivity contribution is 8.00. The van der Waals surface area contributed by atoms with Gasteiger partial charge in [0.05, 0.1) is 5.75 Å². The number of carbonyl (C=O) groups excluding carboxylic acids is 1. The Labute approximate surface area is 117 Å². The number of nitrogens with one attached hydrogen (secondary N) is 1. The predicted molar refractivity (Wildman–Crippen MR) is 72.6 cm³/mol. The van der Waals surface area contributed by atoms with Gasteiger partial charge in [-0.15, -0.1) is 23.1 Å². The number of amides is 1. The third-order valence-corrected chi connectivity index (χ3v) is 4.00. The molecule has 0 aliphatic heterocycles. The van der Waals surface area contributed by atoms with Gasteiger partial charge in [-0.1, -0.05) is 0 Å². The van der Waals surface area contributed by atoms with Crippen LogP contribution in [0.2, 0.25) is 0 Å². The molecule has 0 unspecified atom stereocenters. The van der Waals surface area contributed by atoms with Gasteiger partial charge < -0.3 is 5.32 Å². The molecule has 0 radical (unpaired) electrons. The lowest BCUT2D eigenvalue weighted by Crippen LogP contribution is -2.13. The number of carbonyl (C=O) groups is 1. The van der Waals surface area contributed by atoms with Gasteiger partial charge in [0.1, 0.15) is 11.6 Å². The van der Waals surface area contributed by atoms with Crippen molar-refractivity contribution in [3.8, 4) is 0 Å². The van der Waals surface area contributed by atoms with E-state index in [0.29, 0.717) is 5.13 Å². The molecule has 2 aromatic rings. The molecule has 0 aliphatic carbocycles. The van der Waals surface area contributed by atoms with Crippen molar-refractivity contribution in [2.75, 3.05) is 11.1 Å². The number of aryl methyl sites for hydroxylation is 1. The number of hydrogen-bond acceptors (Lipinski definition) is 4. The van der Waals surface area contributed by atoms with Crippen LogP contribution in [0.15, 0.2) is 29.3 Å². The molecule has 1 aromatic carbocycles. The molecular formula is C12H10F2N2OS2. The summed E-state index contributed by atoms with van der Waals surface area (Å²) < 4.78 is 26.0. The molecule has 19 heavy (non-hydrogen) atoms. The first kappa shape index (κ1) is 14.0. The highest BCUT2D eigenvalue weighted by Gasteiger charge is 2.09. The van der Waals surface area contributed by atoms with Crippen molar-refractivity contribution >= 4 is 34.1 Å². The number of thiazole rings is 1. The molecule has 1 aromatic heterocycles. The number of halogens is 2. The van der Waals surface area contributed by atoms with E-state index < -0.39 is 11.6 Å². The Morgan fingerprint density at radius 1 is 1.47 bits per heavy atom. The van der Waals surface area contributed by atoms with Crippen molar-refractivity contribution in [1.29, 1.82) is 0 Å². The number of benzene rings is 1. The van der Waals surface area contributed by atoms with Crippen molar-refractivity contribution in [1.82, 2.24) is 4.98 Å². The molecule has 0 saturated heterocycles. The summed E-state index contributed by atoms with van der Waals surface area (Å²) in [5, 5.41) is 3.13. The SMILES string of the molecule is Cc1cnc(NC(=O)CSc2ccc(F)cc2F)s1. The zero-order valence-electron chi connectivity index (χ0n) is 9.94. The van der Waals surface area contributed by atoms with Crippen LogP contribution in [0.4, 0.5) is 13.9 Å². The molecule has 0 bridgehead atoms. The van der Waals surface area contributed by atoms with E-state index in [0.717, 1.165) is 28.8 Å². The van der Waals surface area contributed by atoms with E-state index in [4.69, 9.17) is 0 Å². The highest BCUT2D eigenvalue weighted by Crippen LogP contribution is 2.23. The number of thioether (sulfide) groups is 1. The van der Waals surface area contributed by atoms with E-state index in [1.165, 1.54) is 17.4 Å².